The molecule has 1 unspecified atom stereocenters. The predicted molar refractivity (Wildman–Crippen MR) is 77.0 cm³/mol. The van der Waals surface area contributed by atoms with Crippen molar-refractivity contribution >= 4 is 27.3 Å². The fraction of sp³-hybridized carbons (Fsp3) is 0.143. The fourth-order valence-electron chi connectivity index (χ4n) is 1.72. The smallest absolute Gasteiger partial charge is 0.0578 e. The molecule has 2 aromatic rings. The molecule has 0 aromatic heterocycles. The van der Waals surface area contributed by atoms with Gasteiger partial charge in [-0.3, -0.25) is 0 Å². The van der Waals surface area contributed by atoms with E-state index in [9.17, 15) is 0 Å². The lowest BCUT2D eigenvalue weighted by Gasteiger charge is -2.17. The van der Waals surface area contributed by atoms with E-state index in [1.165, 1.54) is 5.56 Å². The quantitative estimate of drug-likeness (QED) is 0.831. The van der Waals surface area contributed by atoms with Crippen LogP contribution in [0.2, 0.25) is 0 Å². The average Bonchev–Trinajstić information content (AvgIpc) is 2.32. The molecule has 0 aliphatic rings. The number of nitrogens with two attached hydrogens (primary N) is 1. The Labute approximate surface area is 110 Å². The van der Waals surface area contributed by atoms with Crippen molar-refractivity contribution in [3.63, 3.8) is 0 Å². The van der Waals surface area contributed by atoms with Crippen LogP contribution < -0.4 is 11.1 Å². The summed E-state index contributed by atoms with van der Waals surface area (Å²) >= 11 is 3.48. The Morgan fingerprint density at radius 1 is 1.12 bits per heavy atom. The number of rotatable bonds is 3. The second-order valence-corrected chi connectivity index (χ2v) is 4.92. The van der Waals surface area contributed by atoms with E-state index >= 15 is 0 Å². The van der Waals surface area contributed by atoms with Crippen molar-refractivity contribution in [1.82, 2.24) is 0 Å². The zero-order valence-electron chi connectivity index (χ0n) is 9.65. The van der Waals surface area contributed by atoms with Crippen LogP contribution in [0.4, 0.5) is 11.4 Å². The minimum atomic E-state index is 0.220. The zero-order valence-corrected chi connectivity index (χ0v) is 11.2. The van der Waals surface area contributed by atoms with E-state index in [-0.39, 0.29) is 6.04 Å². The minimum absolute atomic E-state index is 0.220. The number of hydrogen-bond donors (Lipinski definition) is 2. The van der Waals surface area contributed by atoms with Gasteiger partial charge in [-0.25, -0.2) is 0 Å². The van der Waals surface area contributed by atoms with Crippen LogP contribution in [0.3, 0.4) is 0 Å². The molecule has 2 rings (SSSR count). The third-order valence-corrected chi connectivity index (χ3v) is 3.17. The molecule has 88 valence electrons. The van der Waals surface area contributed by atoms with E-state index in [1.54, 1.807) is 0 Å². The lowest BCUT2D eigenvalue weighted by atomic mass is 10.1. The van der Waals surface area contributed by atoms with Crippen molar-refractivity contribution in [2.24, 2.45) is 0 Å². The van der Waals surface area contributed by atoms with E-state index < -0.39 is 0 Å². The third kappa shape index (κ3) is 3.01. The van der Waals surface area contributed by atoms with Crippen LogP contribution in [0.15, 0.2) is 53.0 Å². The van der Waals surface area contributed by atoms with Gasteiger partial charge in [-0.2, -0.15) is 0 Å². The first-order valence-electron chi connectivity index (χ1n) is 5.53. The molecule has 0 bridgehead atoms. The van der Waals surface area contributed by atoms with Crippen molar-refractivity contribution in [3.8, 4) is 0 Å². The monoisotopic (exact) mass is 290 g/mol. The summed E-state index contributed by atoms with van der Waals surface area (Å²) in [7, 11) is 0. The predicted octanol–water partition coefficient (Wildman–Crippen LogP) is 4.20. The highest BCUT2D eigenvalue weighted by molar-refractivity contribution is 9.10. The van der Waals surface area contributed by atoms with Crippen LogP contribution in [0.1, 0.15) is 18.5 Å². The van der Waals surface area contributed by atoms with Crippen LogP contribution in [0.25, 0.3) is 0 Å². The Bertz CT molecular complexity index is 511. The molecule has 1 atom stereocenters. The molecule has 0 saturated heterocycles. The third-order valence-electron chi connectivity index (χ3n) is 2.68. The van der Waals surface area contributed by atoms with Crippen LogP contribution >= 0.6 is 15.9 Å². The van der Waals surface area contributed by atoms with Gasteiger partial charge >= 0.3 is 0 Å². The fourth-order valence-corrected chi connectivity index (χ4v) is 2.14. The van der Waals surface area contributed by atoms with E-state index in [2.05, 4.69) is 40.3 Å². The second kappa shape index (κ2) is 5.23. The Morgan fingerprint density at radius 3 is 2.59 bits per heavy atom. The van der Waals surface area contributed by atoms with Gasteiger partial charge in [-0.15, -0.1) is 0 Å². The highest BCUT2D eigenvalue weighted by Crippen LogP contribution is 2.25. The highest BCUT2D eigenvalue weighted by Gasteiger charge is 2.06. The maximum absolute atomic E-state index is 5.91. The number of benzene rings is 2. The molecular weight excluding hydrogens is 276 g/mol. The van der Waals surface area contributed by atoms with Crippen molar-refractivity contribution in [3.05, 3.63) is 58.6 Å². The van der Waals surface area contributed by atoms with Gasteiger partial charge < -0.3 is 11.1 Å². The Balaban J connectivity index is 2.17. The number of halogens is 1. The highest BCUT2D eigenvalue weighted by atomic mass is 79.9. The van der Waals surface area contributed by atoms with Gasteiger partial charge in [-0.1, -0.05) is 40.2 Å². The Morgan fingerprint density at radius 2 is 1.88 bits per heavy atom. The van der Waals surface area contributed by atoms with Gasteiger partial charge in [0, 0.05) is 10.5 Å². The van der Waals surface area contributed by atoms with Crippen molar-refractivity contribution in [2.75, 3.05) is 11.1 Å². The SMILES string of the molecule is CC(Nc1ccccc1N)c1cccc(Br)c1. The van der Waals surface area contributed by atoms with E-state index in [0.29, 0.717) is 0 Å². The first kappa shape index (κ1) is 12.0. The lowest BCUT2D eigenvalue weighted by molar-refractivity contribution is 0.884. The van der Waals surface area contributed by atoms with Crippen molar-refractivity contribution in [2.45, 2.75) is 13.0 Å². The molecule has 0 fully saturated rings. The van der Waals surface area contributed by atoms with Gasteiger partial charge in [0.15, 0.2) is 0 Å². The topological polar surface area (TPSA) is 38.0 Å². The molecule has 2 aromatic carbocycles. The lowest BCUT2D eigenvalue weighted by Crippen LogP contribution is -2.08. The van der Waals surface area contributed by atoms with Crippen LogP contribution in [0.5, 0.6) is 0 Å². The summed E-state index contributed by atoms with van der Waals surface area (Å²) < 4.78 is 1.09. The average molecular weight is 291 g/mol. The van der Waals surface area contributed by atoms with Crippen LogP contribution in [-0.2, 0) is 0 Å². The van der Waals surface area contributed by atoms with Crippen LogP contribution in [0, 0.1) is 0 Å². The summed E-state index contributed by atoms with van der Waals surface area (Å²) in [5.41, 5.74) is 8.87. The first-order valence-corrected chi connectivity index (χ1v) is 6.32. The molecule has 3 heteroatoms. The maximum atomic E-state index is 5.91. The molecule has 0 aliphatic carbocycles. The summed E-state index contributed by atoms with van der Waals surface area (Å²) in [5, 5.41) is 3.41. The minimum Gasteiger partial charge on any atom is -0.397 e. The van der Waals surface area contributed by atoms with Gasteiger partial charge in [0.05, 0.1) is 11.4 Å². The molecule has 3 N–H and O–H groups in total. The summed E-state index contributed by atoms with van der Waals surface area (Å²) in [6.07, 6.45) is 0. The summed E-state index contributed by atoms with van der Waals surface area (Å²) in [5.74, 6) is 0. The molecule has 0 radical (unpaired) electrons. The van der Waals surface area contributed by atoms with E-state index in [0.717, 1.165) is 15.8 Å². The Kier molecular flexibility index (Phi) is 3.69. The Hall–Kier alpha value is -1.48. The van der Waals surface area contributed by atoms with Gasteiger partial charge in [0.25, 0.3) is 0 Å². The molecule has 0 spiro atoms. The molecule has 0 aliphatic heterocycles. The normalized spacial score (nSPS) is 12.1. The zero-order chi connectivity index (χ0) is 12.3. The first-order chi connectivity index (χ1) is 8.16. The van der Waals surface area contributed by atoms with E-state index in [1.807, 2.05) is 36.4 Å². The van der Waals surface area contributed by atoms with Crippen LogP contribution in [-0.4, -0.2) is 0 Å². The standard InChI is InChI=1S/C14H15BrN2/c1-10(11-5-4-6-12(15)9-11)17-14-8-3-2-7-13(14)16/h2-10,17H,16H2,1H3. The molecule has 0 heterocycles. The second-order valence-electron chi connectivity index (χ2n) is 4.01. The molecule has 17 heavy (non-hydrogen) atoms. The van der Waals surface area contributed by atoms with Crippen molar-refractivity contribution < 1.29 is 0 Å². The number of nitrogens with one attached hydrogen (secondary N) is 1. The summed E-state index contributed by atoms with van der Waals surface area (Å²) in [4.78, 5) is 0. The van der Waals surface area contributed by atoms with E-state index in [4.69, 9.17) is 5.73 Å². The largest absolute Gasteiger partial charge is 0.397 e. The molecule has 2 nitrogen and oxygen atoms in total. The van der Waals surface area contributed by atoms with Crippen molar-refractivity contribution in [1.29, 1.82) is 0 Å². The summed E-state index contributed by atoms with van der Waals surface area (Å²) in [6.45, 7) is 2.12. The summed E-state index contributed by atoms with van der Waals surface area (Å²) in [6, 6.07) is 16.3. The molecule has 0 amide bonds. The molecular formula is C14H15BrN2. The van der Waals surface area contributed by atoms with Gasteiger partial charge in [-0.05, 0) is 36.8 Å². The van der Waals surface area contributed by atoms with Gasteiger partial charge in [0.2, 0.25) is 0 Å². The number of para-hydroxylation sites is 2. The number of nitrogen functional groups attached to an aromatic ring is 1. The maximum Gasteiger partial charge on any atom is 0.0578 e. The number of hydrogen-bond acceptors (Lipinski definition) is 2. The van der Waals surface area contributed by atoms with Gasteiger partial charge in [0.1, 0.15) is 0 Å². The number of anilines is 2. The molecule has 0 saturated carbocycles.